The molecule has 124 valence electrons. The second-order valence-electron chi connectivity index (χ2n) is 6.13. The molecule has 7 heteroatoms. The molecule has 1 unspecified atom stereocenters. The molecule has 0 spiro atoms. The number of nitrogens with zero attached hydrogens (tertiary/aromatic N) is 3. The van der Waals surface area contributed by atoms with E-state index in [0.29, 0.717) is 26.2 Å². The molecule has 0 saturated carbocycles. The van der Waals surface area contributed by atoms with Gasteiger partial charge in [0.15, 0.2) is 0 Å². The lowest BCUT2D eigenvalue weighted by molar-refractivity contribution is -0.120. The molecule has 0 aromatic heterocycles. The van der Waals surface area contributed by atoms with Crippen molar-refractivity contribution in [1.29, 1.82) is 0 Å². The van der Waals surface area contributed by atoms with E-state index in [4.69, 9.17) is 5.11 Å². The Labute approximate surface area is 143 Å². The molecule has 0 radical (unpaired) electrons. The average Bonchev–Trinajstić information content (AvgIpc) is 2.89. The number of carbonyl (C=O) groups is 2. The summed E-state index contributed by atoms with van der Waals surface area (Å²) in [5, 5.41) is 9.11. The van der Waals surface area contributed by atoms with E-state index >= 15 is 0 Å². The smallest absolute Gasteiger partial charge is 0.407 e. The maximum atomic E-state index is 12.6. The molecule has 2 aliphatic heterocycles. The average molecular weight is 382 g/mol. The lowest BCUT2D eigenvalue weighted by Gasteiger charge is -2.38. The van der Waals surface area contributed by atoms with Crippen LogP contribution in [0.2, 0.25) is 0 Å². The lowest BCUT2D eigenvalue weighted by atomic mass is 10.2. The van der Waals surface area contributed by atoms with Crippen LogP contribution < -0.4 is 4.90 Å². The van der Waals surface area contributed by atoms with Gasteiger partial charge in [-0.2, -0.15) is 0 Å². The van der Waals surface area contributed by atoms with E-state index in [0.717, 1.165) is 23.1 Å². The minimum atomic E-state index is -0.887. The first-order valence-electron chi connectivity index (χ1n) is 7.76. The van der Waals surface area contributed by atoms with E-state index in [-0.39, 0.29) is 11.9 Å². The Balaban J connectivity index is 1.63. The van der Waals surface area contributed by atoms with E-state index < -0.39 is 6.09 Å². The van der Waals surface area contributed by atoms with Gasteiger partial charge in [-0.25, -0.2) is 4.79 Å². The maximum absolute atomic E-state index is 12.6. The fraction of sp³-hybridized carbons (Fsp3) is 0.500. The molecule has 1 aromatic carbocycles. The number of fused-ring (bicyclic) bond motifs is 1. The fourth-order valence-corrected chi connectivity index (χ4v) is 3.70. The minimum Gasteiger partial charge on any atom is -0.465 e. The summed E-state index contributed by atoms with van der Waals surface area (Å²) in [5.74, 6) is 0.0813. The zero-order valence-corrected chi connectivity index (χ0v) is 14.6. The van der Waals surface area contributed by atoms with E-state index in [1.807, 2.05) is 28.9 Å². The number of anilines is 1. The Kier molecular flexibility index (Phi) is 4.59. The van der Waals surface area contributed by atoms with Crippen LogP contribution in [0.4, 0.5) is 10.5 Å². The van der Waals surface area contributed by atoms with Crippen molar-refractivity contribution in [2.24, 2.45) is 0 Å². The monoisotopic (exact) mass is 381 g/mol. The highest BCUT2D eigenvalue weighted by Gasteiger charge is 2.30. The van der Waals surface area contributed by atoms with Crippen molar-refractivity contribution in [3.8, 4) is 0 Å². The summed E-state index contributed by atoms with van der Waals surface area (Å²) >= 11 is 3.46. The number of piperazine rings is 1. The van der Waals surface area contributed by atoms with E-state index in [9.17, 15) is 9.59 Å². The van der Waals surface area contributed by atoms with Crippen LogP contribution in [0.3, 0.4) is 0 Å². The SMILES string of the molecule is CC1CN(CC(=O)N2CCc3ccc(Br)cc32)CCN1C(=O)O. The van der Waals surface area contributed by atoms with Crippen LogP contribution >= 0.6 is 15.9 Å². The largest absolute Gasteiger partial charge is 0.465 e. The third-order valence-corrected chi connectivity index (χ3v) is 5.05. The van der Waals surface area contributed by atoms with Gasteiger partial charge in [-0.1, -0.05) is 22.0 Å². The van der Waals surface area contributed by atoms with Crippen LogP contribution in [0.5, 0.6) is 0 Å². The van der Waals surface area contributed by atoms with Crippen molar-refractivity contribution in [2.45, 2.75) is 19.4 Å². The number of rotatable bonds is 2. The molecule has 1 saturated heterocycles. The summed E-state index contributed by atoms with van der Waals surface area (Å²) in [6.45, 7) is 4.58. The molecule has 1 fully saturated rings. The molecule has 1 atom stereocenters. The molecular formula is C16H20BrN3O3. The summed E-state index contributed by atoms with van der Waals surface area (Å²) in [4.78, 5) is 29.1. The van der Waals surface area contributed by atoms with Crippen LogP contribution in [0.1, 0.15) is 12.5 Å². The predicted octanol–water partition coefficient (Wildman–Crippen LogP) is 2.02. The first-order chi connectivity index (χ1) is 11.0. The van der Waals surface area contributed by atoms with Crippen LogP contribution in [0, 0.1) is 0 Å². The first-order valence-corrected chi connectivity index (χ1v) is 8.55. The topological polar surface area (TPSA) is 64.1 Å². The maximum Gasteiger partial charge on any atom is 0.407 e. The third-order valence-electron chi connectivity index (χ3n) is 4.56. The Morgan fingerprint density at radius 2 is 2.09 bits per heavy atom. The third kappa shape index (κ3) is 3.35. The van der Waals surface area contributed by atoms with Crippen molar-refractivity contribution in [2.75, 3.05) is 37.6 Å². The fourth-order valence-electron chi connectivity index (χ4n) is 3.35. The summed E-state index contributed by atoms with van der Waals surface area (Å²) < 4.78 is 0.972. The molecule has 0 bridgehead atoms. The number of benzene rings is 1. The molecule has 23 heavy (non-hydrogen) atoms. The van der Waals surface area contributed by atoms with Gasteiger partial charge < -0.3 is 14.9 Å². The van der Waals surface area contributed by atoms with Crippen molar-refractivity contribution in [3.63, 3.8) is 0 Å². The van der Waals surface area contributed by atoms with Crippen molar-refractivity contribution in [3.05, 3.63) is 28.2 Å². The van der Waals surface area contributed by atoms with Crippen molar-refractivity contribution >= 4 is 33.6 Å². The molecule has 1 aromatic rings. The van der Waals surface area contributed by atoms with Gasteiger partial charge >= 0.3 is 6.09 Å². The number of carboxylic acid groups (broad SMARTS) is 1. The molecule has 0 aliphatic carbocycles. The van der Waals surface area contributed by atoms with Crippen LogP contribution in [0.15, 0.2) is 22.7 Å². The Morgan fingerprint density at radius 1 is 1.30 bits per heavy atom. The van der Waals surface area contributed by atoms with Gasteiger partial charge in [-0.3, -0.25) is 9.69 Å². The van der Waals surface area contributed by atoms with Gasteiger partial charge in [0.2, 0.25) is 5.91 Å². The van der Waals surface area contributed by atoms with E-state index in [1.165, 1.54) is 10.5 Å². The summed E-state index contributed by atoms with van der Waals surface area (Å²) in [6.07, 6.45) is -0.000769. The van der Waals surface area contributed by atoms with E-state index in [2.05, 4.69) is 22.0 Å². The summed E-state index contributed by atoms with van der Waals surface area (Å²) in [5.41, 5.74) is 2.19. The Bertz CT molecular complexity index is 637. The lowest BCUT2D eigenvalue weighted by Crippen LogP contribution is -2.55. The van der Waals surface area contributed by atoms with Crippen LogP contribution in [-0.2, 0) is 11.2 Å². The molecule has 1 N–H and O–H groups in total. The van der Waals surface area contributed by atoms with Gasteiger partial charge in [0, 0.05) is 42.4 Å². The van der Waals surface area contributed by atoms with Gasteiger partial charge in [0.25, 0.3) is 0 Å². The summed E-state index contributed by atoms with van der Waals surface area (Å²) in [6, 6.07) is 5.96. The van der Waals surface area contributed by atoms with Crippen LogP contribution in [-0.4, -0.2) is 65.7 Å². The Morgan fingerprint density at radius 3 is 2.78 bits per heavy atom. The molecule has 2 amide bonds. The quantitative estimate of drug-likeness (QED) is 0.850. The van der Waals surface area contributed by atoms with Gasteiger partial charge in [-0.05, 0) is 31.0 Å². The van der Waals surface area contributed by atoms with E-state index in [1.54, 1.807) is 0 Å². The molecule has 3 rings (SSSR count). The van der Waals surface area contributed by atoms with Crippen molar-refractivity contribution in [1.82, 2.24) is 9.80 Å². The molecular weight excluding hydrogens is 362 g/mol. The van der Waals surface area contributed by atoms with Gasteiger partial charge in [0.1, 0.15) is 0 Å². The van der Waals surface area contributed by atoms with Crippen LogP contribution in [0.25, 0.3) is 0 Å². The number of hydrogen-bond donors (Lipinski definition) is 1. The number of halogens is 1. The number of amides is 2. The summed E-state index contributed by atoms with van der Waals surface area (Å²) in [7, 11) is 0. The number of hydrogen-bond acceptors (Lipinski definition) is 3. The van der Waals surface area contributed by atoms with Crippen molar-refractivity contribution < 1.29 is 14.7 Å². The van der Waals surface area contributed by atoms with Gasteiger partial charge in [-0.15, -0.1) is 0 Å². The molecule has 2 aliphatic rings. The highest BCUT2D eigenvalue weighted by molar-refractivity contribution is 9.10. The predicted molar refractivity (Wildman–Crippen MR) is 90.8 cm³/mol. The first kappa shape index (κ1) is 16.3. The second kappa shape index (κ2) is 6.49. The van der Waals surface area contributed by atoms with Gasteiger partial charge in [0.05, 0.1) is 6.54 Å². The zero-order chi connectivity index (χ0) is 16.6. The standard InChI is InChI=1S/C16H20BrN3O3/c1-11-9-18(6-7-19(11)16(22)23)10-15(21)20-5-4-12-2-3-13(17)8-14(12)20/h2-3,8,11H,4-7,9-10H2,1H3,(H,22,23). The second-order valence-corrected chi connectivity index (χ2v) is 7.04. The normalized spacial score (nSPS) is 21.4. The highest BCUT2D eigenvalue weighted by atomic mass is 79.9. The number of carbonyl (C=O) groups excluding carboxylic acids is 1. The minimum absolute atomic E-state index is 0.0813. The zero-order valence-electron chi connectivity index (χ0n) is 13.0. The highest BCUT2D eigenvalue weighted by Crippen LogP contribution is 2.31. The molecule has 6 nitrogen and oxygen atoms in total. The molecule has 2 heterocycles. The Hall–Kier alpha value is -1.60.